The molecule has 5 heteroatoms. The molecule has 19 heavy (non-hydrogen) atoms. The summed E-state index contributed by atoms with van der Waals surface area (Å²) in [6.45, 7) is 1.84. The van der Waals surface area contributed by atoms with Crippen molar-refractivity contribution in [2.24, 2.45) is 5.73 Å². The topological polar surface area (TPSA) is 84.2 Å². The van der Waals surface area contributed by atoms with Gasteiger partial charge in [0.25, 0.3) is 0 Å². The highest BCUT2D eigenvalue weighted by atomic mass is 16.5. The number of nitrogens with one attached hydrogen (secondary N) is 1. The predicted molar refractivity (Wildman–Crippen MR) is 72.9 cm³/mol. The number of aliphatic hydroxyl groups excluding tert-OH is 1. The Morgan fingerprint density at radius 1 is 1.42 bits per heavy atom. The third-order valence-electron chi connectivity index (χ3n) is 3.74. The van der Waals surface area contributed by atoms with Crippen molar-refractivity contribution in [1.82, 2.24) is 9.97 Å². The van der Waals surface area contributed by atoms with Gasteiger partial charge in [-0.3, -0.25) is 0 Å². The summed E-state index contributed by atoms with van der Waals surface area (Å²) in [6, 6.07) is 5.75. The molecule has 0 aliphatic carbocycles. The van der Waals surface area contributed by atoms with Gasteiger partial charge in [-0.15, -0.1) is 0 Å². The molecule has 102 valence electrons. The summed E-state index contributed by atoms with van der Waals surface area (Å²) in [5.74, 6) is 1.47. The van der Waals surface area contributed by atoms with Crippen molar-refractivity contribution in [2.45, 2.75) is 24.9 Å². The Morgan fingerprint density at radius 3 is 2.95 bits per heavy atom. The number of benzene rings is 1. The Bertz CT molecular complexity index is 561. The minimum atomic E-state index is -0.612. The van der Waals surface area contributed by atoms with Crippen LogP contribution >= 0.6 is 0 Å². The molecule has 0 radical (unpaired) electrons. The molecule has 2 heterocycles. The van der Waals surface area contributed by atoms with Crippen molar-refractivity contribution in [3.05, 3.63) is 29.6 Å². The van der Waals surface area contributed by atoms with E-state index in [-0.39, 0.29) is 6.54 Å². The quantitative estimate of drug-likeness (QED) is 0.780. The van der Waals surface area contributed by atoms with Crippen LogP contribution < -0.4 is 5.73 Å². The lowest BCUT2D eigenvalue weighted by Gasteiger charge is -2.19. The minimum absolute atomic E-state index is 0.229. The molecule has 1 aromatic carbocycles. The summed E-state index contributed by atoms with van der Waals surface area (Å²) >= 11 is 0. The SMILES string of the molecule is NCC(O)c1ccc2nc(C3CCOCC3)[nH]c2c1. The highest BCUT2D eigenvalue weighted by Crippen LogP contribution is 2.27. The van der Waals surface area contributed by atoms with Crippen LogP contribution in [-0.2, 0) is 4.74 Å². The van der Waals surface area contributed by atoms with Crippen LogP contribution in [-0.4, -0.2) is 34.8 Å². The predicted octanol–water partition coefficient (Wildman–Crippen LogP) is 1.45. The van der Waals surface area contributed by atoms with Gasteiger partial charge in [0.2, 0.25) is 0 Å². The largest absolute Gasteiger partial charge is 0.387 e. The third-order valence-corrected chi connectivity index (χ3v) is 3.74. The van der Waals surface area contributed by atoms with E-state index in [2.05, 4.69) is 9.97 Å². The summed E-state index contributed by atoms with van der Waals surface area (Å²) in [7, 11) is 0. The Kier molecular flexibility index (Phi) is 3.50. The van der Waals surface area contributed by atoms with Gasteiger partial charge in [-0.05, 0) is 30.5 Å². The number of H-pyrrole nitrogens is 1. The molecule has 1 aromatic heterocycles. The third kappa shape index (κ3) is 2.49. The highest BCUT2D eigenvalue weighted by Gasteiger charge is 2.19. The second-order valence-corrected chi connectivity index (χ2v) is 5.04. The van der Waals surface area contributed by atoms with Gasteiger partial charge in [0.15, 0.2) is 0 Å². The normalized spacial score (nSPS) is 18.8. The Balaban J connectivity index is 1.91. The van der Waals surface area contributed by atoms with Crippen molar-refractivity contribution >= 4 is 11.0 Å². The van der Waals surface area contributed by atoms with E-state index in [1.54, 1.807) is 0 Å². The Labute approximate surface area is 111 Å². The number of nitrogens with two attached hydrogens (primary N) is 1. The van der Waals surface area contributed by atoms with E-state index in [4.69, 9.17) is 10.5 Å². The number of aromatic amines is 1. The second-order valence-electron chi connectivity index (χ2n) is 5.04. The molecule has 1 saturated heterocycles. The van der Waals surface area contributed by atoms with Crippen LogP contribution in [0.25, 0.3) is 11.0 Å². The van der Waals surface area contributed by atoms with Crippen LogP contribution in [0.4, 0.5) is 0 Å². The molecule has 1 unspecified atom stereocenters. The summed E-state index contributed by atoms with van der Waals surface area (Å²) < 4.78 is 5.37. The van der Waals surface area contributed by atoms with Crippen LogP contribution in [0.5, 0.6) is 0 Å². The zero-order valence-electron chi connectivity index (χ0n) is 10.8. The maximum atomic E-state index is 9.77. The maximum absolute atomic E-state index is 9.77. The lowest BCUT2D eigenvalue weighted by atomic mass is 10.00. The number of nitrogens with zero attached hydrogens (tertiary/aromatic N) is 1. The number of imidazole rings is 1. The Hall–Kier alpha value is -1.43. The van der Waals surface area contributed by atoms with Gasteiger partial charge >= 0.3 is 0 Å². The molecule has 3 rings (SSSR count). The minimum Gasteiger partial charge on any atom is -0.387 e. The monoisotopic (exact) mass is 261 g/mol. The maximum Gasteiger partial charge on any atom is 0.110 e. The first kappa shape index (κ1) is 12.6. The van der Waals surface area contributed by atoms with Crippen LogP contribution in [0.15, 0.2) is 18.2 Å². The van der Waals surface area contributed by atoms with Gasteiger partial charge in [-0.1, -0.05) is 6.07 Å². The molecule has 4 N–H and O–H groups in total. The van der Waals surface area contributed by atoms with E-state index >= 15 is 0 Å². The summed E-state index contributed by atoms with van der Waals surface area (Å²) in [5.41, 5.74) is 8.21. The number of hydrogen-bond donors (Lipinski definition) is 3. The first-order chi connectivity index (χ1) is 9.28. The average Bonchev–Trinajstić information content (AvgIpc) is 2.90. The van der Waals surface area contributed by atoms with E-state index in [0.717, 1.165) is 48.5 Å². The lowest BCUT2D eigenvalue weighted by molar-refractivity contribution is 0.0838. The number of rotatable bonds is 3. The molecule has 2 aromatic rings. The first-order valence-corrected chi connectivity index (χ1v) is 6.73. The lowest BCUT2D eigenvalue weighted by Crippen LogP contribution is -2.15. The highest BCUT2D eigenvalue weighted by molar-refractivity contribution is 5.76. The number of aliphatic hydroxyl groups is 1. The molecule has 5 nitrogen and oxygen atoms in total. The molecule has 1 fully saturated rings. The molecule has 1 atom stereocenters. The van der Waals surface area contributed by atoms with E-state index in [9.17, 15) is 5.11 Å². The molecule has 0 spiro atoms. The molecular weight excluding hydrogens is 242 g/mol. The summed E-state index contributed by atoms with van der Waals surface area (Å²) in [5, 5.41) is 9.77. The van der Waals surface area contributed by atoms with Crippen LogP contribution in [0.2, 0.25) is 0 Å². The van der Waals surface area contributed by atoms with Crippen molar-refractivity contribution < 1.29 is 9.84 Å². The van der Waals surface area contributed by atoms with E-state index in [1.165, 1.54) is 0 Å². The average molecular weight is 261 g/mol. The van der Waals surface area contributed by atoms with Gasteiger partial charge < -0.3 is 20.6 Å². The zero-order valence-corrected chi connectivity index (χ0v) is 10.8. The number of hydrogen-bond acceptors (Lipinski definition) is 4. The molecule has 0 bridgehead atoms. The molecule has 1 aliphatic rings. The molecular formula is C14H19N3O2. The summed E-state index contributed by atoms with van der Waals surface area (Å²) in [4.78, 5) is 8.00. The number of aromatic nitrogens is 2. The van der Waals surface area contributed by atoms with E-state index in [1.807, 2.05) is 18.2 Å². The van der Waals surface area contributed by atoms with E-state index < -0.39 is 6.10 Å². The standard InChI is InChI=1S/C14H19N3O2/c15-8-13(18)10-1-2-11-12(7-10)17-14(16-11)9-3-5-19-6-4-9/h1-2,7,9,13,18H,3-6,8,15H2,(H,16,17). The fraction of sp³-hybridized carbons (Fsp3) is 0.500. The zero-order chi connectivity index (χ0) is 13.2. The van der Waals surface area contributed by atoms with Gasteiger partial charge in [0, 0.05) is 25.7 Å². The van der Waals surface area contributed by atoms with Crippen molar-refractivity contribution in [3.8, 4) is 0 Å². The summed E-state index contributed by atoms with van der Waals surface area (Å²) in [6.07, 6.45) is 1.41. The van der Waals surface area contributed by atoms with Crippen LogP contribution in [0, 0.1) is 0 Å². The van der Waals surface area contributed by atoms with Crippen molar-refractivity contribution in [3.63, 3.8) is 0 Å². The second kappa shape index (κ2) is 5.28. The number of fused-ring (bicyclic) bond motifs is 1. The van der Waals surface area contributed by atoms with Crippen LogP contribution in [0.3, 0.4) is 0 Å². The Morgan fingerprint density at radius 2 is 2.21 bits per heavy atom. The molecule has 0 saturated carbocycles. The first-order valence-electron chi connectivity index (χ1n) is 6.73. The van der Waals surface area contributed by atoms with Crippen molar-refractivity contribution in [2.75, 3.05) is 19.8 Å². The van der Waals surface area contributed by atoms with Crippen molar-refractivity contribution in [1.29, 1.82) is 0 Å². The number of ether oxygens (including phenoxy) is 1. The fourth-order valence-corrected chi connectivity index (χ4v) is 2.55. The smallest absolute Gasteiger partial charge is 0.110 e. The van der Waals surface area contributed by atoms with Crippen LogP contribution in [0.1, 0.15) is 36.3 Å². The molecule has 0 amide bonds. The van der Waals surface area contributed by atoms with Gasteiger partial charge in [0.05, 0.1) is 17.1 Å². The van der Waals surface area contributed by atoms with Gasteiger partial charge in [-0.2, -0.15) is 0 Å². The van der Waals surface area contributed by atoms with E-state index in [0.29, 0.717) is 5.92 Å². The fourth-order valence-electron chi connectivity index (χ4n) is 2.55. The molecule has 1 aliphatic heterocycles. The van der Waals surface area contributed by atoms with Gasteiger partial charge in [-0.25, -0.2) is 4.98 Å². The van der Waals surface area contributed by atoms with Gasteiger partial charge in [0.1, 0.15) is 5.82 Å².